The lowest BCUT2D eigenvalue weighted by Crippen LogP contribution is -2.34. The van der Waals surface area contributed by atoms with Crippen LogP contribution in [0.25, 0.3) is 5.57 Å². The van der Waals surface area contributed by atoms with Crippen LogP contribution in [0.1, 0.15) is 29.2 Å². The third-order valence-electron chi connectivity index (χ3n) is 5.95. The first-order valence-electron chi connectivity index (χ1n) is 11.1. The molecule has 0 spiro atoms. The fourth-order valence-corrected chi connectivity index (χ4v) is 4.10. The molecule has 3 aromatic carbocycles. The van der Waals surface area contributed by atoms with Gasteiger partial charge in [-0.15, -0.1) is 0 Å². The fourth-order valence-electron chi connectivity index (χ4n) is 4.10. The summed E-state index contributed by atoms with van der Waals surface area (Å²) in [5, 5.41) is 2.70. The van der Waals surface area contributed by atoms with Crippen molar-refractivity contribution in [3.05, 3.63) is 101 Å². The maximum Gasteiger partial charge on any atom is 0.282 e. The molecule has 0 saturated carbocycles. The Kier molecular flexibility index (Phi) is 6.32. The molecule has 0 unspecified atom stereocenters. The summed E-state index contributed by atoms with van der Waals surface area (Å²) in [6, 6.07) is 22.3. The molecule has 0 fully saturated rings. The third kappa shape index (κ3) is 4.48. The van der Waals surface area contributed by atoms with Gasteiger partial charge in [-0.1, -0.05) is 48.5 Å². The average Bonchev–Trinajstić information content (AvgIpc) is 3.06. The molecule has 0 aromatic heterocycles. The largest absolute Gasteiger partial charge is 0.365 e. The van der Waals surface area contributed by atoms with Gasteiger partial charge >= 0.3 is 0 Å². The van der Waals surface area contributed by atoms with Crippen LogP contribution in [-0.4, -0.2) is 29.7 Å². The molecule has 1 heterocycles. The van der Waals surface area contributed by atoms with E-state index in [9.17, 15) is 14.4 Å². The Hall–Kier alpha value is -4.19. The Bertz CT molecular complexity index is 1290. The molecule has 1 aliphatic heterocycles. The zero-order chi connectivity index (χ0) is 24.4. The zero-order valence-corrected chi connectivity index (χ0v) is 19.8. The van der Waals surface area contributed by atoms with Crippen molar-refractivity contribution < 1.29 is 14.4 Å². The van der Waals surface area contributed by atoms with Gasteiger partial charge in [-0.2, -0.15) is 0 Å². The minimum Gasteiger partial charge on any atom is -0.365 e. The van der Waals surface area contributed by atoms with E-state index < -0.39 is 0 Å². The van der Waals surface area contributed by atoms with E-state index in [0.717, 1.165) is 16.7 Å². The molecule has 0 radical (unpaired) electrons. The predicted octanol–water partition coefficient (Wildman–Crippen LogP) is 4.68. The minimum atomic E-state index is -0.371. The van der Waals surface area contributed by atoms with Gasteiger partial charge in [0.1, 0.15) is 5.70 Å². The van der Waals surface area contributed by atoms with E-state index in [0.29, 0.717) is 34.8 Å². The maximum absolute atomic E-state index is 13.7. The number of aryl methyl sites for hydroxylation is 2. The minimum absolute atomic E-state index is 0.190. The number of nitrogens with one attached hydrogen (secondary N) is 1. The molecule has 0 bridgehead atoms. The van der Waals surface area contributed by atoms with E-state index in [1.165, 1.54) is 11.8 Å². The number of hydrogen-bond donors (Lipinski definition) is 1. The van der Waals surface area contributed by atoms with Crippen LogP contribution in [0.5, 0.6) is 0 Å². The monoisotopic (exact) mass is 453 g/mol. The summed E-state index contributed by atoms with van der Waals surface area (Å²) in [5.41, 5.74) is 5.72. The Labute approximate surface area is 199 Å². The highest BCUT2D eigenvalue weighted by atomic mass is 16.2. The van der Waals surface area contributed by atoms with Crippen LogP contribution in [0.4, 0.5) is 11.4 Å². The van der Waals surface area contributed by atoms with Gasteiger partial charge in [-0.25, -0.2) is 4.90 Å². The van der Waals surface area contributed by atoms with Crippen molar-refractivity contribution in [2.24, 2.45) is 0 Å². The van der Waals surface area contributed by atoms with E-state index in [1.807, 2.05) is 74.3 Å². The molecular weight excluding hydrogens is 426 g/mol. The van der Waals surface area contributed by atoms with Gasteiger partial charge in [0, 0.05) is 26.2 Å². The smallest absolute Gasteiger partial charge is 0.282 e. The summed E-state index contributed by atoms with van der Waals surface area (Å²) in [7, 11) is 1.83. The van der Waals surface area contributed by atoms with Crippen molar-refractivity contribution in [1.82, 2.24) is 4.90 Å². The van der Waals surface area contributed by atoms with Crippen molar-refractivity contribution in [1.29, 1.82) is 0 Å². The molecule has 1 N–H and O–H groups in total. The van der Waals surface area contributed by atoms with Gasteiger partial charge in [-0.3, -0.25) is 14.4 Å². The number of rotatable bonds is 6. The SMILES string of the molecule is CC(=O)Nc1ccc(N2C(=O)C(c3ccc(C)c(C)c3)=C(N(C)Cc3ccccc3)C2=O)cc1. The van der Waals surface area contributed by atoms with Crippen LogP contribution in [0.3, 0.4) is 0 Å². The van der Waals surface area contributed by atoms with E-state index in [2.05, 4.69) is 5.32 Å². The maximum atomic E-state index is 13.7. The second kappa shape index (κ2) is 9.35. The topological polar surface area (TPSA) is 69.7 Å². The standard InChI is InChI=1S/C28H27N3O3/c1-18-10-11-22(16-19(18)2)25-26(30(4)17-21-8-6-5-7-9-21)28(34)31(27(25)33)24-14-12-23(13-15-24)29-20(3)32/h5-16H,17H2,1-4H3,(H,29,32). The van der Waals surface area contributed by atoms with Crippen molar-refractivity contribution in [3.63, 3.8) is 0 Å². The summed E-state index contributed by atoms with van der Waals surface area (Å²) in [4.78, 5) is 41.8. The summed E-state index contributed by atoms with van der Waals surface area (Å²) in [5.74, 6) is -0.927. The number of anilines is 2. The molecule has 3 aromatic rings. The number of imide groups is 1. The summed E-state index contributed by atoms with van der Waals surface area (Å²) < 4.78 is 0. The van der Waals surface area contributed by atoms with Gasteiger partial charge in [0.2, 0.25) is 5.91 Å². The molecular formula is C28H27N3O3. The lowest BCUT2D eigenvalue weighted by atomic mass is 9.99. The molecule has 0 atom stereocenters. The van der Waals surface area contributed by atoms with E-state index in [4.69, 9.17) is 0 Å². The molecule has 0 aliphatic carbocycles. The van der Waals surface area contributed by atoms with Crippen LogP contribution in [0.15, 0.2) is 78.5 Å². The fraction of sp³-hybridized carbons (Fsp3) is 0.179. The quantitative estimate of drug-likeness (QED) is 0.551. The van der Waals surface area contributed by atoms with Gasteiger partial charge < -0.3 is 10.2 Å². The molecule has 6 nitrogen and oxygen atoms in total. The number of carbonyl (C=O) groups is 3. The third-order valence-corrected chi connectivity index (χ3v) is 5.95. The molecule has 3 amide bonds. The van der Waals surface area contributed by atoms with E-state index in [-0.39, 0.29) is 17.7 Å². The Morgan fingerprint density at radius 1 is 0.882 bits per heavy atom. The lowest BCUT2D eigenvalue weighted by Gasteiger charge is -2.22. The van der Waals surface area contributed by atoms with Crippen molar-refractivity contribution in [2.75, 3.05) is 17.3 Å². The van der Waals surface area contributed by atoms with Crippen molar-refractivity contribution in [3.8, 4) is 0 Å². The van der Waals surface area contributed by atoms with Gasteiger partial charge in [0.15, 0.2) is 0 Å². The molecule has 4 rings (SSSR count). The van der Waals surface area contributed by atoms with Gasteiger partial charge in [0.25, 0.3) is 11.8 Å². The number of likely N-dealkylation sites (N-methyl/N-ethyl adjacent to an activating group) is 1. The first-order chi connectivity index (χ1) is 16.3. The Balaban J connectivity index is 1.76. The highest BCUT2D eigenvalue weighted by Gasteiger charge is 2.41. The second-order valence-corrected chi connectivity index (χ2v) is 8.54. The Morgan fingerprint density at radius 3 is 2.18 bits per heavy atom. The highest BCUT2D eigenvalue weighted by Crippen LogP contribution is 2.35. The summed E-state index contributed by atoms with van der Waals surface area (Å²) in [6.45, 7) is 5.92. The second-order valence-electron chi connectivity index (χ2n) is 8.54. The number of nitrogens with zero attached hydrogens (tertiary/aromatic N) is 2. The van der Waals surface area contributed by atoms with Gasteiger partial charge in [-0.05, 0) is 60.4 Å². The van der Waals surface area contributed by atoms with E-state index in [1.54, 1.807) is 24.3 Å². The lowest BCUT2D eigenvalue weighted by molar-refractivity contribution is -0.120. The number of amides is 3. The average molecular weight is 454 g/mol. The molecule has 34 heavy (non-hydrogen) atoms. The normalized spacial score (nSPS) is 13.5. The number of benzene rings is 3. The Morgan fingerprint density at radius 2 is 1.56 bits per heavy atom. The van der Waals surface area contributed by atoms with E-state index >= 15 is 0 Å². The van der Waals surface area contributed by atoms with Gasteiger partial charge in [0.05, 0.1) is 11.3 Å². The first-order valence-corrected chi connectivity index (χ1v) is 11.1. The summed E-state index contributed by atoms with van der Waals surface area (Å²) in [6.07, 6.45) is 0. The van der Waals surface area contributed by atoms with Crippen LogP contribution < -0.4 is 10.2 Å². The van der Waals surface area contributed by atoms with Crippen molar-refractivity contribution >= 4 is 34.7 Å². The number of carbonyl (C=O) groups excluding carboxylic acids is 3. The highest BCUT2D eigenvalue weighted by molar-refractivity contribution is 6.45. The van der Waals surface area contributed by atoms with Crippen LogP contribution in [-0.2, 0) is 20.9 Å². The van der Waals surface area contributed by atoms with Crippen LogP contribution >= 0.6 is 0 Å². The number of hydrogen-bond acceptors (Lipinski definition) is 4. The first kappa shape index (κ1) is 23.0. The predicted molar refractivity (Wildman–Crippen MR) is 134 cm³/mol. The molecule has 172 valence electrons. The van der Waals surface area contributed by atoms with Crippen LogP contribution in [0.2, 0.25) is 0 Å². The summed E-state index contributed by atoms with van der Waals surface area (Å²) >= 11 is 0. The molecule has 6 heteroatoms. The zero-order valence-electron chi connectivity index (χ0n) is 19.8. The molecule has 0 saturated heterocycles. The van der Waals surface area contributed by atoms with Crippen molar-refractivity contribution in [2.45, 2.75) is 27.3 Å². The van der Waals surface area contributed by atoms with Crippen LogP contribution in [0, 0.1) is 13.8 Å². The molecule has 1 aliphatic rings.